The Balaban J connectivity index is 1.99. The molecule has 0 saturated heterocycles. The topological polar surface area (TPSA) is 105 Å². The number of hydrazine groups is 1. The SMILES string of the molecule is CCOC(=O)c1cc(C)n(CC(=O)NNC(=O)c2ccc[nH]2)c1C. The molecule has 2 aromatic heterocycles. The minimum atomic E-state index is -0.443. The summed E-state index contributed by atoms with van der Waals surface area (Å²) in [6.07, 6.45) is 1.61. The number of hydrogen-bond donors (Lipinski definition) is 3. The predicted molar refractivity (Wildman–Crippen MR) is 86.3 cm³/mol. The van der Waals surface area contributed by atoms with Gasteiger partial charge in [0.2, 0.25) is 0 Å². The van der Waals surface area contributed by atoms with Crippen molar-refractivity contribution in [3.8, 4) is 0 Å². The van der Waals surface area contributed by atoms with Crippen molar-refractivity contribution in [2.24, 2.45) is 0 Å². The van der Waals surface area contributed by atoms with Crippen molar-refractivity contribution in [1.82, 2.24) is 20.4 Å². The zero-order valence-corrected chi connectivity index (χ0v) is 13.8. The van der Waals surface area contributed by atoms with E-state index in [1.54, 1.807) is 49.7 Å². The first kappa shape index (κ1) is 17.3. The van der Waals surface area contributed by atoms with E-state index in [4.69, 9.17) is 4.74 Å². The lowest BCUT2D eigenvalue weighted by Crippen LogP contribution is -2.43. The van der Waals surface area contributed by atoms with E-state index in [2.05, 4.69) is 15.8 Å². The lowest BCUT2D eigenvalue weighted by molar-refractivity contribution is -0.122. The molecule has 0 aliphatic heterocycles. The molecule has 128 valence electrons. The lowest BCUT2D eigenvalue weighted by Gasteiger charge is -2.11. The minimum Gasteiger partial charge on any atom is -0.462 e. The fourth-order valence-electron chi connectivity index (χ4n) is 2.31. The fraction of sp³-hybridized carbons (Fsp3) is 0.312. The van der Waals surface area contributed by atoms with E-state index in [1.165, 1.54) is 0 Å². The second-order valence-corrected chi connectivity index (χ2v) is 5.18. The minimum absolute atomic E-state index is 0.0257. The van der Waals surface area contributed by atoms with Crippen molar-refractivity contribution in [1.29, 1.82) is 0 Å². The number of nitrogens with zero attached hydrogens (tertiary/aromatic N) is 1. The van der Waals surface area contributed by atoms with Crippen LogP contribution in [0.5, 0.6) is 0 Å². The smallest absolute Gasteiger partial charge is 0.339 e. The van der Waals surface area contributed by atoms with E-state index < -0.39 is 17.8 Å². The molecular weight excluding hydrogens is 312 g/mol. The van der Waals surface area contributed by atoms with Gasteiger partial charge < -0.3 is 14.3 Å². The molecule has 2 rings (SSSR count). The fourth-order valence-corrected chi connectivity index (χ4v) is 2.31. The highest BCUT2D eigenvalue weighted by Crippen LogP contribution is 2.16. The molecule has 0 fully saturated rings. The zero-order valence-electron chi connectivity index (χ0n) is 13.8. The third-order valence-corrected chi connectivity index (χ3v) is 3.53. The molecule has 0 bridgehead atoms. The van der Waals surface area contributed by atoms with E-state index in [-0.39, 0.29) is 13.2 Å². The first-order valence-electron chi connectivity index (χ1n) is 7.50. The number of amides is 2. The van der Waals surface area contributed by atoms with E-state index in [1.807, 2.05) is 0 Å². The summed E-state index contributed by atoms with van der Waals surface area (Å²) in [5.41, 5.74) is 6.82. The van der Waals surface area contributed by atoms with Crippen LogP contribution in [0.25, 0.3) is 0 Å². The molecule has 0 aliphatic rings. The van der Waals surface area contributed by atoms with Crippen molar-refractivity contribution in [2.75, 3.05) is 6.61 Å². The molecule has 0 aliphatic carbocycles. The van der Waals surface area contributed by atoms with Gasteiger partial charge in [-0.3, -0.25) is 20.4 Å². The first-order chi connectivity index (χ1) is 11.4. The molecule has 24 heavy (non-hydrogen) atoms. The summed E-state index contributed by atoms with van der Waals surface area (Å²) in [6.45, 7) is 5.53. The van der Waals surface area contributed by atoms with Gasteiger partial charge in [0.15, 0.2) is 0 Å². The third kappa shape index (κ3) is 3.83. The van der Waals surface area contributed by atoms with Crippen LogP contribution in [0.1, 0.15) is 39.2 Å². The normalized spacial score (nSPS) is 10.3. The van der Waals surface area contributed by atoms with Gasteiger partial charge in [0.05, 0.1) is 12.2 Å². The van der Waals surface area contributed by atoms with Gasteiger partial charge in [-0.15, -0.1) is 0 Å². The summed E-state index contributed by atoms with van der Waals surface area (Å²) >= 11 is 0. The highest BCUT2D eigenvalue weighted by atomic mass is 16.5. The standard InChI is InChI=1S/C16H20N4O4/c1-4-24-16(23)12-8-10(2)20(11(12)3)9-14(21)18-19-15(22)13-6-5-7-17-13/h5-8,17H,4,9H2,1-3H3,(H,18,21)(H,19,22). The van der Waals surface area contributed by atoms with E-state index >= 15 is 0 Å². The highest BCUT2D eigenvalue weighted by Gasteiger charge is 2.18. The Kier molecular flexibility index (Phi) is 5.41. The number of hydrogen-bond acceptors (Lipinski definition) is 4. The van der Waals surface area contributed by atoms with E-state index in [0.717, 1.165) is 5.69 Å². The Morgan fingerprint density at radius 1 is 1.25 bits per heavy atom. The monoisotopic (exact) mass is 332 g/mol. The number of ether oxygens (including phenoxy) is 1. The lowest BCUT2D eigenvalue weighted by atomic mass is 10.2. The summed E-state index contributed by atoms with van der Waals surface area (Å²) in [5.74, 6) is -1.27. The third-order valence-electron chi connectivity index (χ3n) is 3.53. The van der Waals surface area contributed by atoms with Gasteiger partial charge in [-0.05, 0) is 39.0 Å². The van der Waals surface area contributed by atoms with Crippen LogP contribution in [0.2, 0.25) is 0 Å². The summed E-state index contributed by atoms with van der Waals surface area (Å²) in [5, 5.41) is 0. The van der Waals surface area contributed by atoms with Crippen molar-refractivity contribution < 1.29 is 19.1 Å². The number of nitrogens with one attached hydrogen (secondary N) is 3. The number of aryl methyl sites for hydroxylation is 1. The molecule has 3 N–H and O–H groups in total. The number of aromatic amines is 1. The first-order valence-corrected chi connectivity index (χ1v) is 7.50. The maximum Gasteiger partial charge on any atom is 0.339 e. The molecule has 0 unspecified atom stereocenters. The number of rotatable bonds is 5. The second-order valence-electron chi connectivity index (χ2n) is 5.18. The molecule has 0 saturated carbocycles. The van der Waals surface area contributed by atoms with Crippen LogP contribution >= 0.6 is 0 Å². The molecule has 2 amide bonds. The maximum absolute atomic E-state index is 12.0. The number of esters is 1. The molecule has 0 radical (unpaired) electrons. The quantitative estimate of drug-likeness (QED) is 0.562. The molecule has 2 aromatic rings. The Morgan fingerprint density at radius 3 is 2.62 bits per heavy atom. The average Bonchev–Trinajstić information content (AvgIpc) is 3.17. The van der Waals surface area contributed by atoms with Crippen LogP contribution in [-0.2, 0) is 16.1 Å². The van der Waals surface area contributed by atoms with Crippen LogP contribution in [0, 0.1) is 13.8 Å². The maximum atomic E-state index is 12.0. The van der Waals surface area contributed by atoms with Crippen LogP contribution in [0.3, 0.4) is 0 Å². The second kappa shape index (κ2) is 7.49. The van der Waals surface area contributed by atoms with Gasteiger partial charge in [-0.1, -0.05) is 0 Å². The number of H-pyrrole nitrogens is 1. The van der Waals surface area contributed by atoms with Gasteiger partial charge in [-0.25, -0.2) is 4.79 Å². The van der Waals surface area contributed by atoms with E-state index in [0.29, 0.717) is 17.0 Å². The van der Waals surface area contributed by atoms with Crippen LogP contribution in [0.15, 0.2) is 24.4 Å². The van der Waals surface area contributed by atoms with Crippen molar-refractivity contribution in [2.45, 2.75) is 27.3 Å². The van der Waals surface area contributed by atoms with Gasteiger partial charge >= 0.3 is 5.97 Å². The molecule has 0 aromatic carbocycles. The van der Waals surface area contributed by atoms with Crippen LogP contribution in [0.4, 0.5) is 0 Å². The highest BCUT2D eigenvalue weighted by molar-refractivity contribution is 5.94. The summed E-state index contributed by atoms with van der Waals surface area (Å²) in [6, 6.07) is 4.95. The zero-order chi connectivity index (χ0) is 17.7. The average molecular weight is 332 g/mol. The molecule has 0 spiro atoms. The number of carbonyl (C=O) groups excluding carboxylic acids is 3. The molecule has 2 heterocycles. The van der Waals surface area contributed by atoms with Gasteiger partial charge in [0.1, 0.15) is 12.2 Å². The van der Waals surface area contributed by atoms with Gasteiger partial charge in [0.25, 0.3) is 11.8 Å². The molecule has 0 atom stereocenters. The molecule has 8 nitrogen and oxygen atoms in total. The van der Waals surface area contributed by atoms with Crippen molar-refractivity contribution in [3.05, 3.63) is 47.0 Å². The number of carbonyl (C=O) groups is 3. The summed E-state index contributed by atoms with van der Waals surface area (Å²) in [4.78, 5) is 38.4. The Morgan fingerprint density at radius 2 is 2.00 bits per heavy atom. The van der Waals surface area contributed by atoms with Gasteiger partial charge in [0, 0.05) is 17.6 Å². The largest absolute Gasteiger partial charge is 0.462 e. The molecular formula is C16H20N4O4. The Labute approximate surface area is 139 Å². The summed E-state index contributed by atoms with van der Waals surface area (Å²) < 4.78 is 6.67. The van der Waals surface area contributed by atoms with Crippen LogP contribution < -0.4 is 10.9 Å². The number of aromatic nitrogens is 2. The predicted octanol–water partition coefficient (Wildman–Crippen LogP) is 1.07. The Hall–Kier alpha value is -3.03. The molecule has 8 heteroatoms. The van der Waals surface area contributed by atoms with Gasteiger partial charge in [-0.2, -0.15) is 0 Å². The van der Waals surface area contributed by atoms with Crippen molar-refractivity contribution >= 4 is 17.8 Å². The van der Waals surface area contributed by atoms with Crippen LogP contribution in [-0.4, -0.2) is 33.9 Å². The van der Waals surface area contributed by atoms with E-state index in [9.17, 15) is 14.4 Å². The Bertz CT molecular complexity index is 746. The summed E-state index contributed by atoms with van der Waals surface area (Å²) in [7, 11) is 0. The van der Waals surface area contributed by atoms with Crippen molar-refractivity contribution in [3.63, 3.8) is 0 Å².